The number of hydrogen-bond acceptors (Lipinski definition) is 3. The minimum Gasteiger partial charge on any atom is -0.449 e. The van der Waals surface area contributed by atoms with Gasteiger partial charge in [0.15, 0.2) is 0 Å². The summed E-state index contributed by atoms with van der Waals surface area (Å²) in [5, 5.41) is 6.68. The lowest BCUT2D eigenvalue weighted by Crippen LogP contribution is -2.51. The molecule has 1 aliphatic carbocycles. The highest BCUT2D eigenvalue weighted by Gasteiger charge is 2.32. The van der Waals surface area contributed by atoms with Crippen molar-refractivity contribution >= 4 is 6.09 Å². The Kier molecular flexibility index (Phi) is 6.46. The molecule has 0 atom stereocenters. The number of carbonyl (C=O) groups is 1. The van der Waals surface area contributed by atoms with Gasteiger partial charge < -0.3 is 15.4 Å². The monoisotopic (exact) mass is 318 g/mol. The number of benzene rings is 1. The molecule has 4 heteroatoms. The van der Waals surface area contributed by atoms with E-state index >= 15 is 0 Å². The van der Waals surface area contributed by atoms with E-state index in [-0.39, 0.29) is 11.6 Å². The lowest BCUT2D eigenvalue weighted by molar-refractivity contribution is 0.113. The van der Waals surface area contributed by atoms with Crippen molar-refractivity contribution in [1.29, 1.82) is 0 Å². The Labute approximate surface area is 140 Å². The van der Waals surface area contributed by atoms with Crippen LogP contribution in [0.3, 0.4) is 0 Å². The standard InChI is InChI=1S/C19H30N2O2/c1-15(2)14-23-18(22)21-19(3)11-9-17(10-12-19)20-13-16-7-5-4-6-8-16/h4-8,15,17,20H,9-14H2,1-3H3,(H,21,22). The maximum absolute atomic E-state index is 11.9. The third-order valence-electron chi connectivity index (χ3n) is 4.48. The molecule has 128 valence electrons. The van der Waals surface area contributed by atoms with Gasteiger partial charge >= 0.3 is 6.09 Å². The molecule has 1 amide bonds. The molecular formula is C19H30N2O2. The van der Waals surface area contributed by atoms with E-state index in [1.165, 1.54) is 5.56 Å². The Morgan fingerprint density at radius 1 is 1.26 bits per heavy atom. The first-order valence-corrected chi connectivity index (χ1v) is 8.69. The summed E-state index contributed by atoms with van der Waals surface area (Å²) in [5.74, 6) is 0.367. The number of nitrogens with one attached hydrogen (secondary N) is 2. The first kappa shape index (κ1) is 17.8. The number of amides is 1. The van der Waals surface area contributed by atoms with E-state index in [1.807, 2.05) is 19.9 Å². The molecule has 1 saturated carbocycles. The quantitative estimate of drug-likeness (QED) is 0.837. The van der Waals surface area contributed by atoms with Crippen LogP contribution >= 0.6 is 0 Å². The van der Waals surface area contributed by atoms with Crippen LogP contribution in [-0.4, -0.2) is 24.3 Å². The highest BCUT2D eigenvalue weighted by atomic mass is 16.5. The van der Waals surface area contributed by atoms with Crippen molar-refractivity contribution < 1.29 is 9.53 Å². The number of alkyl carbamates (subject to hydrolysis) is 1. The van der Waals surface area contributed by atoms with E-state index in [0.29, 0.717) is 18.6 Å². The third kappa shape index (κ3) is 6.22. The number of ether oxygens (including phenoxy) is 1. The van der Waals surface area contributed by atoms with Crippen LogP contribution in [0.15, 0.2) is 30.3 Å². The van der Waals surface area contributed by atoms with Gasteiger partial charge in [0.25, 0.3) is 0 Å². The molecule has 0 bridgehead atoms. The van der Waals surface area contributed by atoms with Crippen LogP contribution in [-0.2, 0) is 11.3 Å². The minimum absolute atomic E-state index is 0.140. The summed E-state index contributed by atoms with van der Waals surface area (Å²) in [4.78, 5) is 11.9. The van der Waals surface area contributed by atoms with Gasteiger partial charge in [0.1, 0.15) is 0 Å². The summed E-state index contributed by atoms with van der Waals surface area (Å²) in [5.41, 5.74) is 1.18. The molecule has 1 aliphatic rings. The van der Waals surface area contributed by atoms with Gasteiger partial charge in [-0.3, -0.25) is 0 Å². The van der Waals surface area contributed by atoms with Crippen molar-refractivity contribution in [2.45, 2.75) is 64.6 Å². The molecule has 1 fully saturated rings. The van der Waals surface area contributed by atoms with Gasteiger partial charge in [0.05, 0.1) is 6.61 Å². The van der Waals surface area contributed by atoms with Crippen LogP contribution < -0.4 is 10.6 Å². The maximum atomic E-state index is 11.9. The topological polar surface area (TPSA) is 50.4 Å². The van der Waals surface area contributed by atoms with Gasteiger partial charge in [-0.05, 0) is 44.1 Å². The van der Waals surface area contributed by atoms with Crippen molar-refractivity contribution in [3.63, 3.8) is 0 Å². The largest absolute Gasteiger partial charge is 0.449 e. The molecule has 2 rings (SSSR count). The predicted octanol–water partition coefficient (Wildman–Crippen LogP) is 3.86. The smallest absolute Gasteiger partial charge is 0.407 e. The van der Waals surface area contributed by atoms with E-state index in [1.54, 1.807) is 0 Å². The molecule has 0 saturated heterocycles. The van der Waals surface area contributed by atoms with Gasteiger partial charge in [-0.25, -0.2) is 4.79 Å². The van der Waals surface area contributed by atoms with Crippen molar-refractivity contribution in [3.8, 4) is 0 Å². The molecule has 2 N–H and O–H groups in total. The Balaban J connectivity index is 1.71. The SMILES string of the molecule is CC(C)COC(=O)NC1(C)CCC(NCc2ccccc2)CC1. The second-order valence-corrected chi connectivity index (χ2v) is 7.32. The molecule has 0 aliphatic heterocycles. The number of hydrogen-bond donors (Lipinski definition) is 2. The fourth-order valence-electron chi connectivity index (χ4n) is 2.97. The summed E-state index contributed by atoms with van der Waals surface area (Å²) in [6.07, 6.45) is 3.84. The first-order chi connectivity index (χ1) is 11.0. The zero-order valence-corrected chi connectivity index (χ0v) is 14.6. The third-order valence-corrected chi connectivity index (χ3v) is 4.48. The zero-order valence-electron chi connectivity index (χ0n) is 14.6. The fourth-order valence-corrected chi connectivity index (χ4v) is 2.97. The normalized spacial score (nSPS) is 24.4. The van der Waals surface area contributed by atoms with Crippen molar-refractivity contribution in [1.82, 2.24) is 10.6 Å². The number of carbonyl (C=O) groups excluding carboxylic acids is 1. The summed E-state index contributed by atoms with van der Waals surface area (Å²) >= 11 is 0. The Bertz CT molecular complexity index is 479. The van der Waals surface area contributed by atoms with Crippen LogP contribution in [0.4, 0.5) is 4.79 Å². The Morgan fingerprint density at radius 2 is 1.91 bits per heavy atom. The van der Waals surface area contributed by atoms with E-state index in [4.69, 9.17) is 4.74 Å². The minimum atomic E-state index is -0.281. The van der Waals surface area contributed by atoms with E-state index in [0.717, 1.165) is 32.2 Å². The van der Waals surface area contributed by atoms with Crippen molar-refractivity contribution in [2.24, 2.45) is 5.92 Å². The maximum Gasteiger partial charge on any atom is 0.407 e. The lowest BCUT2D eigenvalue weighted by Gasteiger charge is -2.38. The summed E-state index contributed by atoms with van der Waals surface area (Å²) in [6.45, 7) is 7.59. The second kappa shape index (κ2) is 8.34. The molecule has 0 spiro atoms. The average molecular weight is 318 g/mol. The predicted molar refractivity (Wildman–Crippen MR) is 93.3 cm³/mol. The van der Waals surface area contributed by atoms with Crippen molar-refractivity contribution in [2.75, 3.05) is 6.61 Å². The summed E-state index contributed by atoms with van der Waals surface area (Å²) in [7, 11) is 0. The van der Waals surface area contributed by atoms with Gasteiger partial charge in [-0.1, -0.05) is 44.2 Å². The molecule has 1 aromatic carbocycles. The van der Waals surface area contributed by atoms with Crippen LogP contribution in [0.1, 0.15) is 52.0 Å². The Morgan fingerprint density at radius 3 is 2.52 bits per heavy atom. The van der Waals surface area contributed by atoms with Crippen LogP contribution in [0, 0.1) is 5.92 Å². The lowest BCUT2D eigenvalue weighted by atomic mass is 9.81. The first-order valence-electron chi connectivity index (χ1n) is 8.69. The van der Waals surface area contributed by atoms with E-state index in [2.05, 4.69) is 41.8 Å². The van der Waals surface area contributed by atoms with Crippen LogP contribution in [0.25, 0.3) is 0 Å². The van der Waals surface area contributed by atoms with E-state index < -0.39 is 0 Å². The molecule has 0 radical (unpaired) electrons. The fraction of sp³-hybridized carbons (Fsp3) is 0.632. The summed E-state index contributed by atoms with van der Waals surface area (Å²) in [6, 6.07) is 11.0. The molecule has 0 aromatic heterocycles. The van der Waals surface area contributed by atoms with E-state index in [9.17, 15) is 4.79 Å². The van der Waals surface area contributed by atoms with Gasteiger partial charge in [-0.2, -0.15) is 0 Å². The summed E-state index contributed by atoms with van der Waals surface area (Å²) < 4.78 is 5.24. The average Bonchev–Trinajstić information content (AvgIpc) is 2.53. The molecule has 0 heterocycles. The molecule has 4 nitrogen and oxygen atoms in total. The van der Waals surface area contributed by atoms with Crippen LogP contribution in [0.2, 0.25) is 0 Å². The molecular weight excluding hydrogens is 288 g/mol. The molecule has 23 heavy (non-hydrogen) atoms. The zero-order chi connectivity index (χ0) is 16.7. The van der Waals surface area contributed by atoms with Gasteiger partial charge in [0, 0.05) is 18.1 Å². The molecule has 1 aromatic rings. The highest BCUT2D eigenvalue weighted by Crippen LogP contribution is 2.28. The van der Waals surface area contributed by atoms with Gasteiger partial charge in [-0.15, -0.1) is 0 Å². The Hall–Kier alpha value is -1.55. The van der Waals surface area contributed by atoms with Crippen LogP contribution in [0.5, 0.6) is 0 Å². The van der Waals surface area contributed by atoms with Crippen molar-refractivity contribution in [3.05, 3.63) is 35.9 Å². The van der Waals surface area contributed by atoms with Gasteiger partial charge in [0.2, 0.25) is 0 Å². The number of rotatable bonds is 6. The second-order valence-electron chi connectivity index (χ2n) is 7.32. The highest BCUT2D eigenvalue weighted by molar-refractivity contribution is 5.68. The molecule has 0 unspecified atom stereocenters.